The highest BCUT2D eigenvalue weighted by atomic mass is 79.9. The maximum Gasteiger partial charge on any atom is 0.257 e. The average Bonchev–Trinajstić information content (AvgIpc) is 2.40. The van der Waals surface area contributed by atoms with E-state index in [-0.39, 0.29) is 11.0 Å². The van der Waals surface area contributed by atoms with E-state index < -0.39 is 0 Å². The smallest absolute Gasteiger partial charge is 0.257 e. The minimum absolute atomic E-state index is 0.186. The van der Waals surface area contributed by atoms with Gasteiger partial charge in [0, 0.05) is 20.1 Å². The summed E-state index contributed by atoms with van der Waals surface area (Å²) in [5, 5.41) is 6.50. The van der Waals surface area contributed by atoms with Gasteiger partial charge in [0.15, 0.2) is 5.11 Å². The van der Waals surface area contributed by atoms with Crippen LogP contribution in [-0.4, -0.2) is 11.0 Å². The number of carbonyl (C=O) groups is 1. The van der Waals surface area contributed by atoms with Gasteiger partial charge < -0.3 is 5.32 Å². The van der Waals surface area contributed by atoms with E-state index in [0.29, 0.717) is 15.6 Å². The molecule has 0 aliphatic rings. The largest absolute Gasteiger partial charge is 0.331 e. The van der Waals surface area contributed by atoms with Crippen molar-refractivity contribution in [1.82, 2.24) is 5.32 Å². The van der Waals surface area contributed by atoms with Gasteiger partial charge >= 0.3 is 0 Å². The number of anilines is 1. The Hall–Kier alpha value is -1.14. The van der Waals surface area contributed by atoms with Gasteiger partial charge in [0.2, 0.25) is 0 Å². The van der Waals surface area contributed by atoms with Gasteiger partial charge in [0.05, 0.1) is 5.69 Å². The highest BCUT2D eigenvalue weighted by molar-refractivity contribution is 9.10. The van der Waals surface area contributed by atoms with Crippen molar-refractivity contribution in [3.63, 3.8) is 0 Å². The molecule has 7 heteroatoms. The number of carbonyl (C=O) groups excluding carboxylic acids is 1. The van der Waals surface area contributed by atoms with Crippen molar-refractivity contribution in [2.75, 3.05) is 5.32 Å². The molecule has 0 fully saturated rings. The lowest BCUT2D eigenvalue weighted by atomic mass is 10.2. The third-order valence-corrected chi connectivity index (χ3v) is 4.02. The predicted octanol–water partition coefficient (Wildman–Crippen LogP) is 5.19. The van der Waals surface area contributed by atoms with Crippen molar-refractivity contribution in [3.8, 4) is 0 Å². The summed E-state index contributed by atoms with van der Waals surface area (Å²) in [5.41, 5.74) is 2.21. The fourth-order valence-corrected chi connectivity index (χ4v) is 3.06. The van der Waals surface area contributed by atoms with Crippen LogP contribution in [0.4, 0.5) is 5.69 Å². The quantitative estimate of drug-likeness (QED) is 0.660. The molecule has 0 aliphatic heterocycles. The van der Waals surface area contributed by atoms with Crippen LogP contribution in [0.1, 0.15) is 15.9 Å². The molecule has 0 aromatic heterocycles. The average molecular weight is 418 g/mol. The fourth-order valence-electron chi connectivity index (χ4n) is 1.74. The molecule has 0 saturated heterocycles. The van der Waals surface area contributed by atoms with Gasteiger partial charge in [-0.15, -0.1) is 0 Å². The topological polar surface area (TPSA) is 41.1 Å². The van der Waals surface area contributed by atoms with Crippen LogP contribution in [0.2, 0.25) is 10.0 Å². The van der Waals surface area contributed by atoms with E-state index in [0.717, 1.165) is 15.7 Å². The third kappa shape index (κ3) is 4.68. The Morgan fingerprint density at radius 3 is 2.36 bits per heavy atom. The monoisotopic (exact) mass is 416 g/mol. The van der Waals surface area contributed by atoms with Gasteiger partial charge in [-0.25, -0.2) is 0 Å². The zero-order valence-corrected chi connectivity index (χ0v) is 15.3. The molecule has 0 spiro atoms. The molecule has 2 aromatic carbocycles. The Morgan fingerprint density at radius 2 is 1.77 bits per heavy atom. The number of hydrogen-bond acceptors (Lipinski definition) is 2. The van der Waals surface area contributed by atoms with Crippen molar-refractivity contribution in [3.05, 3.63) is 62.0 Å². The highest BCUT2D eigenvalue weighted by Crippen LogP contribution is 2.23. The van der Waals surface area contributed by atoms with Gasteiger partial charge in [0.25, 0.3) is 5.91 Å². The van der Waals surface area contributed by atoms with Gasteiger partial charge in [-0.3, -0.25) is 10.1 Å². The van der Waals surface area contributed by atoms with Crippen molar-refractivity contribution >= 4 is 68.1 Å². The van der Waals surface area contributed by atoms with Crippen LogP contribution in [0.15, 0.2) is 40.9 Å². The molecule has 0 radical (unpaired) electrons. The Labute approximate surface area is 152 Å². The normalized spacial score (nSPS) is 10.2. The molecule has 2 aromatic rings. The molecule has 0 bridgehead atoms. The Bertz CT molecular complexity index is 732. The van der Waals surface area contributed by atoms with Gasteiger partial charge in [-0.2, -0.15) is 0 Å². The first-order valence-electron chi connectivity index (χ1n) is 6.20. The van der Waals surface area contributed by atoms with Crippen LogP contribution in [0, 0.1) is 6.92 Å². The predicted molar refractivity (Wildman–Crippen MR) is 99.0 cm³/mol. The number of halogens is 3. The van der Waals surface area contributed by atoms with Crippen LogP contribution in [0.5, 0.6) is 0 Å². The molecule has 0 atom stereocenters. The molecule has 0 saturated carbocycles. The summed E-state index contributed by atoms with van der Waals surface area (Å²) in [6.07, 6.45) is 0. The number of benzene rings is 2. The Kier molecular flexibility index (Phi) is 5.81. The van der Waals surface area contributed by atoms with Crippen LogP contribution in [0.3, 0.4) is 0 Å². The van der Waals surface area contributed by atoms with Crippen LogP contribution in [-0.2, 0) is 0 Å². The van der Waals surface area contributed by atoms with Gasteiger partial charge in [0.1, 0.15) is 0 Å². The summed E-state index contributed by atoms with van der Waals surface area (Å²) in [5.74, 6) is -0.384. The Morgan fingerprint density at radius 1 is 1.14 bits per heavy atom. The third-order valence-electron chi connectivity index (χ3n) is 2.72. The highest BCUT2D eigenvalue weighted by Gasteiger charge is 2.10. The molecule has 2 rings (SSSR count). The summed E-state index contributed by atoms with van der Waals surface area (Å²) < 4.78 is 0.856. The maximum absolute atomic E-state index is 12.1. The second-order valence-electron chi connectivity index (χ2n) is 4.55. The van der Waals surface area contributed by atoms with E-state index in [1.54, 1.807) is 6.07 Å². The van der Waals surface area contributed by atoms with Crippen LogP contribution >= 0.6 is 51.3 Å². The number of aryl methyl sites for hydroxylation is 1. The molecule has 22 heavy (non-hydrogen) atoms. The molecule has 0 heterocycles. The molecule has 3 nitrogen and oxygen atoms in total. The van der Waals surface area contributed by atoms with E-state index in [4.69, 9.17) is 35.4 Å². The number of thiocarbonyl (C=S) groups is 1. The molecule has 0 unspecified atom stereocenters. The van der Waals surface area contributed by atoms with E-state index in [9.17, 15) is 4.79 Å². The molecule has 0 aliphatic carbocycles. The minimum atomic E-state index is -0.384. The van der Waals surface area contributed by atoms with Crippen molar-refractivity contribution in [1.29, 1.82) is 0 Å². The second kappa shape index (κ2) is 7.42. The summed E-state index contributed by atoms with van der Waals surface area (Å²) in [6, 6.07) is 10.4. The van der Waals surface area contributed by atoms with Crippen LogP contribution < -0.4 is 10.6 Å². The molecular weight excluding hydrogens is 407 g/mol. The zero-order valence-electron chi connectivity index (χ0n) is 11.4. The summed E-state index contributed by atoms with van der Waals surface area (Å²) in [7, 11) is 0. The lowest BCUT2D eigenvalue weighted by Crippen LogP contribution is -2.34. The van der Waals surface area contributed by atoms with E-state index >= 15 is 0 Å². The summed E-state index contributed by atoms with van der Waals surface area (Å²) in [6.45, 7) is 1.98. The number of nitrogens with one attached hydrogen (secondary N) is 2. The number of rotatable bonds is 2. The summed E-state index contributed by atoms with van der Waals surface area (Å²) in [4.78, 5) is 12.1. The van der Waals surface area contributed by atoms with Crippen molar-refractivity contribution < 1.29 is 4.79 Å². The number of hydrogen-bond donors (Lipinski definition) is 2. The van der Waals surface area contributed by atoms with Crippen LogP contribution in [0.25, 0.3) is 0 Å². The van der Waals surface area contributed by atoms with Crippen molar-refractivity contribution in [2.45, 2.75) is 6.92 Å². The molecule has 1 amide bonds. The first-order chi connectivity index (χ1) is 10.3. The van der Waals surface area contributed by atoms with E-state index in [1.165, 1.54) is 12.1 Å². The Balaban J connectivity index is 2.06. The fraction of sp³-hybridized carbons (Fsp3) is 0.0667. The minimum Gasteiger partial charge on any atom is -0.331 e. The lowest BCUT2D eigenvalue weighted by molar-refractivity contribution is 0.0977. The standard InChI is InChI=1S/C15H11BrCl2N2OS/c1-8-2-3-13(12(16)4-8)19-15(22)20-14(21)9-5-10(17)7-11(18)6-9/h2-7H,1H3,(H2,19,20,21,22). The molecular formula is C15H11BrCl2N2OS. The SMILES string of the molecule is Cc1ccc(NC(=S)NC(=O)c2cc(Cl)cc(Cl)c2)c(Br)c1. The molecule has 114 valence electrons. The van der Waals surface area contributed by atoms with Crippen molar-refractivity contribution in [2.24, 2.45) is 0 Å². The van der Waals surface area contributed by atoms with Gasteiger partial charge in [-0.05, 0) is 71.0 Å². The van der Waals surface area contributed by atoms with Gasteiger partial charge in [-0.1, -0.05) is 29.3 Å². The first kappa shape index (κ1) is 17.2. The first-order valence-corrected chi connectivity index (χ1v) is 8.15. The van der Waals surface area contributed by atoms with E-state index in [2.05, 4.69) is 26.6 Å². The molecule has 2 N–H and O–H groups in total. The second-order valence-corrected chi connectivity index (χ2v) is 6.69. The lowest BCUT2D eigenvalue weighted by Gasteiger charge is -2.11. The number of amides is 1. The maximum atomic E-state index is 12.1. The summed E-state index contributed by atoms with van der Waals surface area (Å²) >= 11 is 20.3. The van der Waals surface area contributed by atoms with E-state index in [1.807, 2.05) is 25.1 Å². The zero-order chi connectivity index (χ0) is 16.3.